The molecule has 282 valence electrons. The predicted molar refractivity (Wildman–Crippen MR) is 197 cm³/mol. The molecule has 4 rings (SSSR count). The first kappa shape index (κ1) is 40.7. The molecule has 0 radical (unpaired) electrons. The van der Waals surface area contributed by atoms with Gasteiger partial charge in [-0.2, -0.15) is 5.26 Å². The number of allylic oxidation sites excluding steroid dienone is 2. The Morgan fingerprint density at radius 3 is 1.78 bits per heavy atom. The Balaban J connectivity index is 1.72. The molecule has 1 atom stereocenters. The average Bonchev–Trinajstić information content (AvgIpc) is 3.09. The standard InChI is InChI=1S/C42H43NO11/c1-13-29-26(10)33(39(47)53-36-23(7)20(4)34(38(45)46)21(5)24(36)8)18(2)14-31(29)52-40(48)35-22(6)25(9)37(30(17-43)27(35)11)54-41(49)42(50)19(3)15-28(44)16-32(42)51-12/h14-16,50H,13H2,1-12H3,(H,45,46)/t42-/m1/s1. The lowest BCUT2D eigenvalue weighted by molar-refractivity contribution is -0.151. The summed E-state index contributed by atoms with van der Waals surface area (Å²) in [6, 6.07) is 3.56. The number of benzene rings is 3. The van der Waals surface area contributed by atoms with Gasteiger partial charge in [-0.3, -0.25) is 4.79 Å². The minimum atomic E-state index is -2.44. The van der Waals surface area contributed by atoms with Crippen molar-refractivity contribution < 1.29 is 53.1 Å². The van der Waals surface area contributed by atoms with Crippen LogP contribution in [0.25, 0.3) is 0 Å². The molecule has 0 spiro atoms. The molecule has 0 fully saturated rings. The number of carbonyl (C=O) groups is 5. The van der Waals surface area contributed by atoms with Crippen LogP contribution in [0, 0.1) is 73.6 Å². The van der Waals surface area contributed by atoms with Gasteiger partial charge in [0.2, 0.25) is 5.60 Å². The van der Waals surface area contributed by atoms with E-state index in [2.05, 4.69) is 0 Å². The lowest BCUT2D eigenvalue weighted by atomic mass is 9.87. The maximum Gasteiger partial charge on any atom is 0.356 e. The van der Waals surface area contributed by atoms with E-state index in [1.165, 1.54) is 21.0 Å². The molecule has 12 nitrogen and oxygen atoms in total. The minimum absolute atomic E-state index is 0.0388. The number of ether oxygens (including phenoxy) is 4. The van der Waals surface area contributed by atoms with Crippen LogP contribution in [0.2, 0.25) is 0 Å². The lowest BCUT2D eigenvalue weighted by Gasteiger charge is -2.30. The number of nitriles is 1. The van der Waals surface area contributed by atoms with Crippen molar-refractivity contribution in [3.8, 4) is 23.3 Å². The maximum absolute atomic E-state index is 14.0. The molecule has 3 aromatic carbocycles. The summed E-state index contributed by atoms with van der Waals surface area (Å²) in [5, 5.41) is 31.3. The van der Waals surface area contributed by atoms with Crippen molar-refractivity contribution in [1.82, 2.24) is 0 Å². The minimum Gasteiger partial charge on any atom is -0.497 e. The number of aryl methyl sites for hydroxylation is 1. The van der Waals surface area contributed by atoms with Crippen LogP contribution in [0.4, 0.5) is 0 Å². The van der Waals surface area contributed by atoms with Gasteiger partial charge in [0, 0.05) is 6.08 Å². The molecule has 0 unspecified atom stereocenters. The molecule has 3 aromatic rings. The summed E-state index contributed by atoms with van der Waals surface area (Å²) in [4.78, 5) is 65.1. The molecule has 2 N–H and O–H groups in total. The number of aliphatic hydroxyl groups is 1. The van der Waals surface area contributed by atoms with Crippen molar-refractivity contribution in [3.05, 3.63) is 107 Å². The molecule has 0 saturated heterocycles. The maximum atomic E-state index is 14.0. The molecule has 1 aliphatic carbocycles. The Bertz CT molecular complexity index is 2270. The number of carbonyl (C=O) groups excluding carboxylic acids is 4. The van der Waals surface area contributed by atoms with Crippen molar-refractivity contribution >= 4 is 29.7 Å². The van der Waals surface area contributed by atoms with E-state index in [1.54, 1.807) is 61.5 Å². The van der Waals surface area contributed by atoms with E-state index in [9.17, 15) is 39.4 Å². The van der Waals surface area contributed by atoms with Gasteiger partial charge in [-0.15, -0.1) is 0 Å². The molecular formula is C42H43NO11. The smallest absolute Gasteiger partial charge is 0.356 e. The Hall–Kier alpha value is -6.06. The van der Waals surface area contributed by atoms with Crippen molar-refractivity contribution in [2.24, 2.45) is 0 Å². The second-order valence-corrected chi connectivity index (χ2v) is 13.4. The number of rotatable bonds is 9. The van der Waals surface area contributed by atoms with Gasteiger partial charge < -0.3 is 29.2 Å². The van der Waals surface area contributed by atoms with Gasteiger partial charge in [-0.1, -0.05) is 6.92 Å². The summed E-state index contributed by atoms with van der Waals surface area (Å²) < 4.78 is 22.7. The summed E-state index contributed by atoms with van der Waals surface area (Å²) in [6.45, 7) is 18.0. The molecule has 0 bridgehead atoms. The summed E-state index contributed by atoms with van der Waals surface area (Å²) in [6.07, 6.45) is 2.41. The van der Waals surface area contributed by atoms with Crippen LogP contribution in [-0.4, -0.2) is 52.6 Å². The van der Waals surface area contributed by atoms with Crippen LogP contribution in [-0.2, 0) is 20.7 Å². The number of esters is 3. The van der Waals surface area contributed by atoms with Crippen LogP contribution in [0.5, 0.6) is 17.2 Å². The first-order chi connectivity index (χ1) is 25.2. The Kier molecular flexibility index (Phi) is 11.4. The molecular weight excluding hydrogens is 694 g/mol. The van der Waals surface area contributed by atoms with E-state index < -0.39 is 35.3 Å². The predicted octanol–water partition coefficient (Wildman–Crippen LogP) is 6.73. The second kappa shape index (κ2) is 15.1. The van der Waals surface area contributed by atoms with Crippen LogP contribution in [0.3, 0.4) is 0 Å². The summed E-state index contributed by atoms with van der Waals surface area (Å²) in [5.41, 5.74) is 2.22. The zero-order valence-corrected chi connectivity index (χ0v) is 32.5. The third kappa shape index (κ3) is 6.67. The normalized spacial score (nSPS) is 15.1. The third-order valence-electron chi connectivity index (χ3n) is 10.4. The van der Waals surface area contributed by atoms with E-state index >= 15 is 0 Å². The zero-order chi connectivity index (χ0) is 40.7. The monoisotopic (exact) mass is 737 g/mol. The van der Waals surface area contributed by atoms with Crippen molar-refractivity contribution in [2.45, 2.75) is 88.2 Å². The summed E-state index contributed by atoms with van der Waals surface area (Å²) in [7, 11) is 1.19. The van der Waals surface area contributed by atoms with Gasteiger partial charge in [-0.05, 0) is 149 Å². The van der Waals surface area contributed by atoms with E-state index in [0.717, 1.165) is 12.2 Å². The fourth-order valence-electron chi connectivity index (χ4n) is 6.99. The highest BCUT2D eigenvalue weighted by Gasteiger charge is 2.48. The van der Waals surface area contributed by atoms with Gasteiger partial charge >= 0.3 is 23.9 Å². The van der Waals surface area contributed by atoms with Crippen molar-refractivity contribution in [3.63, 3.8) is 0 Å². The highest BCUT2D eigenvalue weighted by Crippen LogP contribution is 2.39. The largest absolute Gasteiger partial charge is 0.497 e. The van der Waals surface area contributed by atoms with Gasteiger partial charge in [0.25, 0.3) is 0 Å². The highest BCUT2D eigenvalue weighted by atomic mass is 16.6. The van der Waals surface area contributed by atoms with Crippen LogP contribution >= 0.6 is 0 Å². The van der Waals surface area contributed by atoms with Crippen LogP contribution in [0.1, 0.15) is 106 Å². The van der Waals surface area contributed by atoms with Gasteiger partial charge in [0.15, 0.2) is 11.5 Å². The molecule has 0 aliphatic heterocycles. The second-order valence-electron chi connectivity index (χ2n) is 13.4. The number of hydrogen-bond acceptors (Lipinski definition) is 11. The fourth-order valence-corrected chi connectivity index (χ4v) is 6.99. The van der Waals surface area contributed by atoms with Gasteiger partial charge in [0.05, 0.1) is 29.4 Å². The Morgan fingerprint density at radius 1 is 0.722 bits per heavy atom. The summed E-state index contributed by atoms with van der Waals surface area (Å²) >= 11 is 0. The number of nitrogens with zero attached hydrogens (tertiary/aromatic N) is 1. The molecule has 0 heterocycles. The van der Waals surface area contributed by atoms with E-state index in [1.807, 2.05) is 13.0 Å². The Morgan fingerprint density at radius 2 is 1.26 bits per heavy atom. The van der Waals surface area contributed by atoms with E-state index in [-0.39, 0.29) is 62.0 Å². The summed E-state index contributed by atoms with van der Waals surface area (Å²) in [5.74, 6) is -4.27. The Labute approximate surface area is 313 Å². The van der Waals surface area contributed by atoms with E-state index in [0.29, 0.717) is 50.9 Å². The fraction of sp³-hybridized carbons (Fsp3) is 0.333. The first-order valence-corrected chi connectivity index (χ1v) is 17.1. The zero-order valence-electron chi connectivity index (χ0n) is 32.5. The van der Waals surface area contributed by atoms with Gasteiger partial charge in [-0.25, -0.2) is 19.2 Å². The number of carboxylic acid groups (broad SMARTS) is 1. The van der Waals surface area contributed by atoms with E-state index in [4.69, 9.17) is 18.9 Å². The average molecular weight is 738 g/mol. The first-order valence-electron chi connectivity index (χ1n) is 17.1. The van der Waals surface area contributed by atoms with Crippen molar-refractivity contribution in [2.75, 3.05) is 7.11 Å². The van der Waals surface area contributed by atoms with Gasteiger partial charge in [0.1, 0.15) is 23.3 Å². The number of aromatic carboxylic acids is 1. The topological polar surface area (TPSA) is 187 Å². The van der Waals surface area contributed by atoms with Crippen LogP contribution in [0.15, 0.2) is 29.6 Å². The molecule has 1 aliphatic rings. The molecule has 0 saturated carbocycles. The van der Waals surface area contributed by atoms with Crippen LogP contribution < -0.4 is 14.2 Å². The van der Waals surface area contributed by atoms with Crippen molar-refractivity contribution in [1.29, 1.82) is 5.26 Å². The third-order valence-corrected chi connectivity index (χ3v) is 10.4. The molecule has 12 heteroatoms. The quantitative estimate of drug-likeness (QED) is 0.174. The molecule has 0 aromatic heterocycles. The molecule has 54 heavy (non-hydrogen) atoms. The highest BCUT2D eigenvalue weighted by molar-refractivity contribution is 6.06. The number of ketones is 1. The number of methoxy groups -OCH3 is 1. The number of carboxylic acids is 1. The SMILES string of the molecule is CCc1c(OC(=O)c2c(C)c(C)c(OC(=O)[C@@]3(O)C(C)=CC(=O)C=C3OC)c(C#N)c2C)cc(C)c(C(=O)Oc2c(C)c(C)c(C(=O)O)c(C)c2C)c1C. The lowest BCUT2D eigenvalue weighted by Crippen LogP contribution is -2.47. The molecule has 0 amide bonds. The number of hydrogen-bond donors (Lipinski definition) is 2.